The molecule has 0 saturated carbocycles. The van der Waals surface area contributed by atoms with Crippen LogP contribution in [0.4, 0.5) is 5.69 Å². The van der Waals surface area contributed by atoms with Gasteiger partial charge in [0.15, 0.2) is 0 Å². The summed E-state index contributed by atoms with van der Waals surface area (Å²) in [7, 11) is 0. The van der Waals surface area contributed by atoms with Gasteiger partial charge in [0.1, 0.15) is 11.6 Å². The lowest BCUT2D eigenvalue weighted by atomic mass is 10.1. The Morgan fingerprint density at radius 2 is 1.84 bits per heavy atom. The van der Waals surface area contributed by atoms with E-state index in [9.17, 15) is 20.0 Å². The van der Waals surface area contributed by atoms with E-state index in [2.05, 4.69) is 5.32 Å². The minimum Gasteiger partial charge on any atom is -0.478 e. The van der Waals surface area contributed by atoms with Gasteiger partial charge in [-0.25, -0.2) is 4.79 Å². The first-order valence-corrected chi connectivity index (χ1v) is 10.2. The molecule has 0 aliphatic carbocycles. The number of nitrogens with one attached hydrogen (secondary N) is 1. The van der Waals surface area contributed by atoms with Gasteiger partial charge in [0.25, 0.3) is 5.91 Å². The summed E-state index contributed by atoms with van der Waals surface area (Å²) >= 11 is 5.99. The molecule has 7 heteroatoms. The van der Waals surface area contributed by atoms with Crippen LogP contribution in [0.25, 0.3) is 11.8 Å². The van der Waals surface area contributed by atoms with Crippen molar-refractivity contribution in [3.8, 4) is 11.8 Å². The van der Waals surface area contributed by atoms with Gasteiger partial charge in [0.2, 0.25) is 0 Å². The number of halogens is 1. The van der Waals surface area contributed by atoms with Gasteiger partial charge in [-0.2, -0.15) is 5.26 Å². The van der Waals surface area contributed by atoms with E-state index in [4.69, 9.17) is 11.6 Å². The lowest BCUT2D eigenvalue weighted by Gasteiger charge is -2.11. The van der Waals surface area contributed by atoms with Crippen molar-refractivity contribution >= 4 is 35.2 Å². The number of aromatic carboxylic acids is 1. The van der Waals surface area contributed by atoms with Crippen LogP contribution < -0.4 is 5.32 Å². The Balaban J connectivity index is 1.99. The third-order valence-electron chi connectivity index (χ3n) is 5.43. The Bertz CT molecular complexity index is 1310. The van der Waals surface area contributed by atoms with E-state index in [0.717, 1.165) is 22.5 Å². The monoisotopic (exact) mass is 447 g/mol. The molecule has 0 spiro atoms. The number of hydrogen-bond acceptors (Lipinski definition) is 3. The first-order valence-electron chi connectivity index (χ1n) is 9.85. The fourth-order valence-electron chi connectivity index (χ4n) is 3.53. The van der Waals surface area contributed by atoms with Gasteiger partial charge in [-0.1, -0.05) is 23.7 Å². The van der Waals surface area contributed by atoms with Crippen molar-refractivity contribution in [1.29, 1.82) is 5.26 Å². The van der Waals surface area contributed by atoms with E-state index in [-0.39, 0.29) is 16.2 Å². The third-order valence-corrected chi connectivity index (χ3v) is 5.76. The summed E-state index contributed by atoms with van der Waals surface area (Å²) in [5, 5.41) is 21.9. The van der Waals surface area contributed by atoms with Gasteiger partial charge in [0, 0.05) is 22.8 Å². The van der Waals surface area contributed by atoms with Crippen LogP contribution in [0.5, 0.6) is 0 Å². The van der Waals surface area contributed by atoms with Crippen LogP contribution >= 0.6 is 11.6 Å². The minimum absolute atomic E-state index is 0.000579. The van der Waals surface area contributed by atoms with Gasteiger partial charge in [0.05, 0.1) is 10.6 Å². The van der Waals surface area contributed by atoms with Crippen molar-refractivity contribution in [2.45, 2.75) is 27.7 Å². The number of hydrogen-bond donors (Lipinski definition) is 2. The molecule has 0 saturated heterocycles. The van der Waals surface area contributed by atoms with E-state index < -0.39 is 11.9 Å². The number of nitriles is 1. The van der Waals surface area contributed by atoms with Crippen LogP contribution in [0, 0.1) is 39.0 Å². The second-order valence-corrected chi connectivity index (χ2v) is 7.91. The Morgan fingerprint density at radius 3 is 2.50 bits per heavy atom. The van der Waals surface area contributed by atoms with E-state index in [1.54, 1.807) is 12.1 Å². The summed E-state index contributed by atoms with van der Waals surface area (Å²) in [6.45, 7) is 7.56. The Labute approximate surface area is 191 Å². The molecule has 6 nitrogen and oxygen atoms in total. The maximum atomic E-state index is 12.8. The van der Waals surface area contributed by atoms with Crippen LogP contribution in [0.1, 0.15) is 38.4 Å². The Kier molecular flexibility index (Phi) is 6.52. The zero-order valence-electron chi connectivity index (χ0n) is 18.2. The number of carbonyl (C=O) groups is 2. The molecule has 3 aromatic rings. The number of rotatable bonds is 5. The SMILES string of the molecule is Cc1cccc(NC(=O)/C(C#N)=C\c2cc(C)n(-c3ccc(Cl)c(C(=O)O)c3)c2C)c1C. The molecular formula is C25H22ClN3O3. The average Bonchev–Trinajstić information content (AvgIpc) is 3.02. The first kappa shape index (κ1) is 22.9. The molecule has 1 aromatic heterocycles. The predicted octanol–water partition coefficient (Wildman–Crippen LogP) is 5.61. The van der Waals surface area contributed by atoms with E-state index in [1.165, 1.54) is 18.2 Å². The minimum atomic E-state index is -1.12. The molecule has 0 unspecified atom stereocenters. The van der Waals surface area contributed by atoms with Crippen LogP contribution in [0.3, 0.4) is 0 Å². The number of carboxylic acids is 1. The number of aromatic nitrogens is 1. The highest BCUT2D eigenvalue weighted by molar-refractivity contribution is 6.33. The molecule has 2 aromatic carbocycles. The van der Waals surface area contributed by atoms with Gasteiger partial charge in [-0.05, 0) is 80.8 Å². The van der Waals surface area contributed by atoms with Crippen LogP contribution in [-0.4, -0.2) is 21.6 Å². The molecular weight excluding hydrogens is 426 g/mol. The molecule has 3 rings (SSSR count). The number of benzene rings is 2. The highest BCUT2D eigenvalue weighted by Gasteiger charge is 2.17. The standard InChI is InChI=1S/C25H22ClN3O3/c1-14-6-5-7-23(16(14)3)28-24(30)19(13-27)11-18-10-15(2)29(17(18)4)20-8-9-22(26)21(12-20)25(31)32/h5-12H,1-4H3,(H,28,30)(H,31,32)/b19-11-. The number of carbonyl (C=O) groups excluding carboxylic acids is 1. The molecule has 1 heterocycles. The highest BCUT2D eigenvalue weighted by Crippen LogP contribution is 2.26. The molecule has 0 aliphatic heterocycles. The first-order chi connectivity index (χ1) is 15.1. The highest BCUT2D eigenvalue weighted by atomic mass is 35.5. The number of nitrogens with zero attached hydrogens (tertiary/aromatic N) is 2. The van der Waals surface area contributed by atoms with Gasteiger partial charge in [-0.3, -0.25) is 4.79 Å². The van der Waals surface area contributed by atoms with Gasteiger partial charge < -0.3 is 15.0 Å². The van der Waals surface area contributed by atoms with Gasteiger partial charge in [-0.15, -0.1) is 0 Å². The molecule has 0 aliphatic rings. The summed E-state index contributed by atoms with van der Waals surface area (Å²) in [5.74, 6) is -1.61. The summed E-state index contributed by atoms with van der Waals surface area (Å²) in [5.41, 5.74) is 5.48. The third kappa shape index (κ3) is 4.43. The number of amides is 1. The summed E-state index contributed by atoms with van der Waals surface area (Å²) in [6.07, 6.45) is 1.54. The van der Waals surface area contributed by atoms with Crippen molar-refractivity contribution in [2.75, 3.05) is 5.32 Å². The lowest BCUT2D eigenvalue weighted by Crippen LogP contribution is -2.14. The second kappa shape index (κ2) is 9.13. The largest absolute Gasteiger partial charge is 0.478 e. The molecule has 32 heavy (non-hydrogen) atoms. The Hall–Kier alpha value is -3.82. The quantitative estimate of drug-likeness (QED) is 0.392. The molecule has 0 atom stereocenters. The zero-order chi connectivity index (χ0) is 23.6. The molecule has 2 N–H and O–H groups in total. The molecule has 0 radical (unpaired) electrons. The van der Waals surface area contributed by atoms with Crippen molar-refractivity contribution in [3.05, 3.63) is 86.7 Å². The smallest absolute Gasteiger partial charge is 0.337 e. The number of aryl methyl sites for hydroxylation is 2. The van der Waals surface area contributed by atoms with Crippen LogP contribution in [0.2, 0.25) is 5.02 Å². The summed E-state index contributed by atoms with van der Waals surface area (Å²) in [6, 6.07) is 14.2. The van der Waals surface area contributed by atoms with Crippen molar-refractivity contribution in [1.82, 2.24) is 4.57 Å². The maximum Gasteiger partial charge on any atom is 0.337 e. The van der Waals surface area contributed by atoms with E-state index in [1.807, 2.05) is 56.5 Å². The number of carboxylic acid groups (broad SMARTS) is 1. The molecule has 0 fully saturated rings. The van der Waals surface area contributed by atoms with Gasteiger partial charge >= 0.3 is 5.97 Å². The second-order valence-electron chi connectivity index (χ2n) is 7.50. The average molecular weight is 448 g/mol. The fraction of sp³-hybridized carbons (Fsp3) is 0.160. The zero-order valence-corrected chi connectivity index (χ0v) is 18.9. The topological polar surface area (TPSA) is 95.1 Å². The van der Waals surface area contributed by atoms with Crippen molar-refractivity contribution in [3.63, 3.8) is 0 Å². The normalized spacial score (nSPS) is 11.2. The van der Waals surface area contributed by atoms with Crippen LogP contribution in [-0.2, 0) is 4.79 Å². The van der Waals surface area contributed by atoms with Crippen molar-refractivity contribution < 1.29 is 14.7 Å². The van der Waals surface area contributed by atoms with E-state index >= 15 is 0 Å². The summed E-state index contributed by atoms with van der Waals surface area (Å²) in [4.78, 5) is 24.2. The molecule has 162 valence electrons. The Morgan fingerprint density at radius 1 is 1.12 bits per heavy atom. The molecule has 1 amide bonds. The fourth-order valence-corrected chi connectivity index (χ4v) is 3.73. The van der Waals surface area contributed by atoms with Crippen LogP contribution in [0.15, 0.2) is 48.0 Å². The van der Waals surface area contributed by atoms with E-state index in [0.29, 0.717) is 16.9 Å². The lowest BCUT2D eigenvalue weighted by molar-refractivity contribution is -0.112. The predicted molar refractivity (Wildman–Crippen MR) is 125 cm³/mol. The van der Waals surface area contributed by atoms with Crippen molar-refractivity contribution in [2.24, 2.45) is 0 Å². The summed E-state index contributed by atoms with van der Waals surface area (Å²) < 4.78 is 1.85. The number of anilines is 1. The maximum absolute atomic E-state index is 12.8. The molecule has 0 bridgehead atoms.